The predicted molar refractivity (Wildman–Crippen MR) is 149 cm³/mol. The molecule has 12 atom stereocenters. The molecule has 39 heavy (non-hydrogen) atoms. The van der Waals surface area contributed by atoms with Crippen molar-refractivity contribution in [1.29, 1.82) is 0 Å². The summed E-state index contributed by atoms with van der Waals surface area (Å²) in [5.74, 6) is 2.35. The van der Waals surface area contributed by atoms with Crippen LogP contribution in [0.3, 0.4) is 0 Å². The van der Waals surface area contributed by atoms with Crippen molar-refractivity contribution in [2.24, 2.45) is 70.0 Å². The molecule has 216 valence electrons. The Balaban J connectivity index is 1.39. The van der Waals surface area contributed by atoms with Gasteiger partial charge in [0.25, 0.3) is 0 Å². The molecule has 5 heteroatoms. The SMILES string of the molecule is CC(=O)OC1CCC2(C)C(C1)CC1C3=C4C(CC(C(C)CCC(C)C(C)C)C4(C)CCC32)C2C(=O)OC(=O)C12. The van der Waals surface area contributed by atoms with Gasteiger partial charge in [0.05, 0.1) is 11.8 Å². The lowest BCUT2D eigenvalue weighted by Gasteiger charge is -2.61. The van der Waals surface area contributed by atoms with Crippen LogP contribution in [0.5, 0.6) is 0 Å². The molecule has 6 rings (SSSR count). The third kappa shape index (κ3) is 4.02. The topological polar surface area (TPSA) is 69.7 Å². The summed E-state index contributed by atoms with van der Waals surface area (Å²) in [6.07, 6.45) is 9.64. The van der Waals surface area contributed by atoms with Crippen molar-refractivity contribution in [2.45, 2.75) is 112 Å². The molecule has 1 saturated heterocycles. The molecule has 0 aromatic carbocycles. The van der Waals surface area contributed by atoms with E-state index in [-0.39, 0.29) is 58.5 Å². The van der Waals surface area contributed by atoms with E-state index in [4.69, 9.17) is 9.47 Å². The van der Waals surface area contributed by atoms with Gasteiger partial charge in [0.2, 0.25) is 0 Å². The van der Waals surface area contributed by atoms with Gasteiger partial charge in [-0.05, 0) is 103 Å². The lowest BCUT2D eigenvalue weighted by molar-refractivity contribution is -0.154. The molecule has 6 aliphatic rings. The number of ether oxygens (including phenoxy) is 2. The van der Waals surface area contributed by atoms with E-state index in [1.807, 2.05) is 0 Å². The molecule has 12 unspecified atom stereocenters. The lowest BCUT2D eigenvalue weighted by Crippen LogP contribution is -2.55. The Morgan fingerprint density at radius 2 is 1.64 bits per heavy atom. The number of rotatable bonds is 6. The summed E-state index contributed by atoms with van der Waals surface area (Å²) in [5, 5.41) is 0. The Morgan fingerprint density at radius 1 is 0.949 bits per heavy atom. The molecule has 0 amide bonds. The van der Waals surface area contributed by atoms with Crippen LogP contribution in [-0.2, 0) is 23.9 Å². The highest BCUT2D eigenvalue weighted by atomic mass is 16.6. The van der Waals surface area contributed by atoms with Gasteiger partial charge in [-0.1, -0.05) is 65.5 Å². The second-order valence-electron chi connectivity index (χ2n) is 15.4. The zero-order valence-electron chi connectivity index (χ0n) is 25.3. The highest BCUT2D eigenvalue weighted by Crippen LogP contribution is 2.73. The monoisotopic (exact) mass is 538 g/mol. The Labute approximate surface area is 235 Å². The van der Waals surface area contributed by atoms with Crippen LogP contribution in [-0.4, -0.2) is 24.0 Å². The average molecular weight is 539 g/mol. The number of carbonyl (C=O) groups excluding carboxylic acids is 3. The summed E-state index contributed by atoms with van der Waals surface area (Å²) >= 11 is 0. The first-order valence-corrected chi connectivity index (χ1v) is 16.0. The normalized spacial score (nSPS) is 45.8. The maximum absolute atomic E-state index is 13.3. The van der Waals surface area contributed by atoms with E-state index < -0.39 is 0 Å². The fraction of sp³-hybridized carbons (Fsp3) is 0.853. The quantitative estimate of drug-likeness (QED) is 0.204. The van der Waals surface area contributed by atoms with Crippen molar-refractivity contribution in [3.63, 3.8) is 0 Å². The van der Waals surface area contributed by atoms with Gasteiger partial charge < -0.3 is 9.47 Å². The summed E-state index contributed by atoms with van der Waals surface area (Å²) in [6.45, 7) is 16.0. The van der Waals surface area contributed by atoms with Gasteiger partial charge in [-0.25, -0.2) is 0 Å². The van der Waals surface area contributed by atoms with E-state index in [0.29, 0.717) is 29.6 Å². The van der Waals surface area contributed by atoms with Crippen molar-refractivity contribution in [2.75, 3.05) is 0 Å². The summed E-state index contributed by atoms with van der Waals surface area (Å²) in [5.41, 5.74) is 3.45. The molecular formula is C34H50O5. The highest BCUT2D eigenvalue weighted by Gasteiger charge is 2.68. The van der Waals surface area contributed by atoms with Crippen LogP contribution >= 0.6 is 0 Å². The molecule has 5 nitrogen and oxygen atoms in total. The zero-order valence-corrected chi connectivity index (χ0v) is 25.3. The molecule has 1 heterocycles. The van der Waals surface area contributed by atoms with Crippen LogP contribution in [0.2, 0.25) is 0 Å². The number of esters is 3. The van der Waals surface area contributed by atoms with Crippen LogP contribution < -0.4 is 0 Å². The van der Waals surface area contributed by atoms with E-state index in [1.54, 1.807) is 11.1 Å². The zero-order chi connectivity index (χ0) is 28.0. The smallest absolute Gasteiger partial charge is 0.318 e. The number of fused-ring (bicyclic) bond motifs is 5. The van der Waals surface area contributed by atoms with Gasteiger partial charge in [-0.2, -0.15) is 0 Å². The van der Waals surface area contributed by atoms with Crippen molar-refractivity contribution in [3.8, 4) is 0 Å². The highest BCUT2D eigenvalue weighted by molar-refractivity contribution is 5.98. The van der Waals surface area contributed by atoms with Gasteiger partial charge in [0.1, 0.15) is 6.10 Å². The van der Waals surface area contributed by atoms with Gasteiger partial charge in [-0.15, -0.1) is 0 Å². The van der Waals surface area contributed by atoms with E-state index in [2.05, 4.69) is 41.5 Å². The molecule has 0 bridgehead atoms. The van der Waals surface area contributed by atoms with Gasteiger partial charge in [0, 0.05) is 6.92 Å². The summed E-state index contributed by atoms with van der Waals surface area (Å²) in [6, 6.07) is 0. The molecule has 0 radical (unpaired) electrons. The predicted octanol–water partition coefficient (Wildman–Crippen LogP) is 7.13. The molecule has 4 fully saturated rings. The van der Waals surface area contributed by atoms with Crippen molar-refractivity contribution >= 4 is 17.9 Å². The number of cyclic esters (lactones) is 2. The maximum Gasteiger partial charge on any atom is 0.318 e. The summed E-state index contributed by atoms with van der Waals surface area (Å²) in [4.78, 5) is 38.4. The Morgan fingerprint density at radius 3 is 2.31 bits per heavy atom. The first kappa shape index (κ1) is 27.5. The molecule has 0 N–H and O–H groups in total. The van der Waals surface area contributed by atoms with Crippen LogP contribution in [0.25, 0.3) is 0 Å². The summed E-state index contributed by atoms with van der Waals surface area (Å²) in [7, 11) is 0. The van der Waals surface area contributed by atoms with Crippen molar-refractivity contribution in [3.05, 3.63) is 11.1 Å². The average Bonchev–Trinajstić information content (AvgIpc) is 3.34. The molecule has 3 saturated carbocycles. The van der Waals surface area contributed by atoms with E-state index >= 15 is 0 Å². The molecule has 0 aromatic heterocycles. The van der Waals surface area contributed by atoms with Crippen LogP contribution in [0.4, 0.5) is 0 Å². The Bertz CT molecular complexity index is 1090. The Hall–Kier alpha value is -1.65. The number of allylic oxidation sites excluding steroid dienone is 2. The largest absolute Gasteiger partial charge is 0.463 e. The van der Waals surface area contributed by atoms with Gasteiger partial charge in [-0.3, -0.25) is 14.4 Å². The lowest BCUT2D eigenvalue weighted by atomic mass is 9.43. The number of hydrogen-bond donors (Lipinski definition) is 0. The van der Waals surface area contributed by atoms with E-state index in [0.717, 1.165) is 38.0 Å². The van der Waals surface area contributed by atoms with E-state index in [1.165, 1.54) is 32.6 Å². The number of carbonyl (C=O) groups is 3. The summed E-state index contributed by atoms with van der Waals surface area (Å²) < 4.78 is 11.2. The molecule has 5 aliphatic carbocycles. The fourth-order valence-electron chi connectivity index (χ4n) is 11.0. The van der Waals surface area contributed by atoms with Crippen LogP contribution in [0.15, 0.2) is 11.1 Å². The van der Waals surface area contributed by atoms with E-state index in [9.17, 15) is 14.4 Å². The van der Waals surface area contributed by atoms with Crippen molar-refractivity contribution < 1.29 is 23.9 Å². The van der Waals surface area contributed by atoms with Crippen molar-refractivity contribution in [1.82, 2.24) is 0 Å². The van der Waals surface area contributed by atoms with Gasteiger partial charge in [0.15, 0.2) is 0 Å². The van der Waals surface area contributed by atoms with Gasteiger partial charge >= 0.3 is 17.9 Å². The van der Waals surface area contributed by atoms with Crippen LogP contribution in [0, 0.1) is 70.0 Å². The third-order valence-corrected chi connectivity index (χ3v) is 13.4. The minimum absolute atomic E-state index is 0.0297. The number of hydrogen-bond acceptors (Lipinski definition) is 5. The standard InChI is InChI=1S/C34H50O5/c1-17(2)18(3)8-9-19(4)26-16-24-29-28(31(36)39-32(29)37)23-15-21-14-22(38-20(5)35)10-12-33(21,6)25-11-13-34(26,7)30(24)27(23)25/h17-19,21-26,28-29H,8-16H2,1-7H3. The fourth-order valence-corrected chi connectivity index (χ4v) is 11.0. The minimum Gasteiger partial charge on any atom is -0.463 e. The molecule has 0 aromatic rings. The molecular weight excluding hydrogens is 488 g/mol. The first-order chi connectivity index (χ1) is 18.4. The third-order valence-electron chi connectivity index (χ3n) is 13.4. The van der Waals surface area contributed by atoms with Crippen LogP contribution in [0.1, 0.15) is 106 Å². The minimum atomic E-state index is -0.320. The molecule has 1 aliphatic heterocycles. The first-order valence-electron chi connectivity index (χ1n) is 16.0. The maximum atomic E-state index is 13.3. The molecule has 0 spiro atoms. The second-order valence-corrected chi connectivity index (χ2v) is 15.4. The Kier molecular flexibility index (Phi) is 6.66. The second kappa shape index (κ2) is 9.44.